The molecule has 0 amide bonds. The first-order chi connectivity index (χ1) is 14.3. The summed E-state index contributed by atoms with van der Waals surface area (Å²) in [5.74, 6) is -0.814. The Morgan fingerprint density at radius 2 is 1.90 bits per heavy atom. The van der Waals surface area contributed by atoms with Gasteiger partial charge in [0.2, 0.25) is 0 Å². The zero-order chi connectivity index (χ0) is 21.8. The van der Waals surface area contributed by atoms with E-state index in [2.05, 4.69) is 20.3 Å². The van der Waals surface area contributed by atoms with E-state index in [-0.39, 0.29) is 17.4 Å². The molecule has 1 atom stereocenters. The fraction of sp³-hybridized carbons (Fsp3) is 0.476. The minimum absolute atomic E-state index is 0.146. The molecule has 0 saturated heterocycles. The van der Waals surface area contributed by atoms with Gasteiger partial charge in [0, 0.05) is 13.1 Å². The maximum absolute atomic E-state index is 12.3. The van der Waals surface area contributed by atoms with E-state index in [4.69, 9.17) is 5.11 Å². The summed E-state index contributed by atoms with van der Waals surface area (Å²) < 4.78 is 1.86. The fourth-order valence-corrected chi connectivity index (χ4v) is 3.42. The number of carboxylic acids is 1. The molecule has 3 rings (SSSR count). The van der Waals surface area contributed by atoms with E-state index in [0.29, 0.717) is 25.0 Å². The number of unbranched alkanes of at least 4 members (excludes halogenated alkanes) is 1. The molecule has 0 radical (unpaired) electrons. The Kier molecular flexibility index (Phi) is 6.61. The lowest BCUT2D eigenvalue weighted by Crippen LogP contribution is -2.30. The van der Waals surface area contributed by atoms with Crippen LogP contribution in [0.5, 0.6) is 0 Å². The van der Waals surface area contributed by atoms with Crippen LogP contribution in [0.25, 0.3) is 22.6 Å². The number of aromatic amines is 1. The quantitative estimate of drug-likeness (QED) is 0.359. The molecule has 2 aliphatic rings. The van der Waals surface area contributed by atoms with Crippen molar-refractivity contribution in [3.8, 4) is 11.5 Å². The standard InChI is InChI=1S/C21H27N5O4/c1-12(20(28)29)6-4-5-7-22-8-9-26-16-11-14(3)13(2)10-15(16)23-17-18(26)24-21(30)25-19(17)27/h10-12,22H,4-9H2,1-3H3,(H,28,29)(H,25,27,30). The third kappa shape index (κ3) is 4.73. The lowest BCUT2D eigenvalue weighted by molar-refractivity contribution is -0.141. The topological polar surface area (TPSA) is 130 Å². The van der Waals surface area contributed by atoms with Crippen LogP contribution in [-0.2, 0) is 11.3 Å². The highest BCUT2D eigenvalue weighted by Crippen LogP contribution is 2.23. The normalized spacial score (nSPS) is 12.5. The molecule has 0 aromatic heterocycles. The first kappa shape index (κ1) is 21.6. The molecule has 2 aliphatic heterocycles. The van der Waals surface area contributed by atoms with Gasteiger partial charge >= 0.3 is 11.7 Å². The van der Waals surface area contributed by atoms with Crippen molar-refractivity contribution in [2.75, 3.05) is 13.1 Å². The molecule has 3 N–H and O–H groups in total. The number of carbonyl (C=O) groups is 1. The molecule has 0 saturated carbocycles. The average molecular weight is 413 g/mol. The summed E-state index contributed by atoms with van der Waals surface area (Å²) in [6.07, 6.45) is 2.37. The number of rotatable bonds is 9. The summed E-state index contributed by atoms with van der Waals surface area (Å²) in [6.45, 7) is 7.59. The van der Waals surface area contributed by atoms with Gasteiger partial charge in [0.1, 0.15) is 0 Å². The Bertz CT molecular complexity index is 1150. The highest BCUT2D eigenvalue weighted by atomic mass is 16.4. The summed E-state index contributed by atoms with van der Waals surface area (Å²) in [4.78, 5) is 45.6. The number of nitrogens with zero attached hydrogens (tertiary/aromatic N) is 3. The van der Waals surface area contributed by atoms with Crippen molar-refractivity contribution in [1.82, 2.24) is 24.8 Å². The number of aryl methyl sites for hydroxylation is 2. The number of aromatic nitrogens is 4. The van der Waals surface area contributed by atoms with E-state index < -0.39 is 17.2 Å². The van der Waals surface area contributed by atoms with Crippen LogP contribution in [0.3, 0.4) is 0 Å². The van der Waals surface area contributed by atoms with Gasteiger partial charge in [-0.15, -0.1) is 0 Å². The second kappa shape index (κ2) is 9.17. The van der Waals surface area contributed by atoms with Crippen molar-refractivity contribution in [2.45, 2.75) is 46.6 Å². The van der Waals surface area contributed by atoms with Gasteiger partial charge in [0.15, 0.2) is 11.5 Å². The predicted molar refractivity (Wildman–Crippen MR) is 114 cm³/mol. The molecule has 9 heteroatoms. The minimum Gasteiger partial charge on any atom is -0.481 e. The molecule has 0 bridgehead atoms. The van der Waals surface area contributed by atoms with Crippen molar-refractivity contribution in [2.24, 2.45) is 5.92 Å². The van der Waals surface area contributed by atoms with Gasteiger partial charge in [-0.25, -0.2) is 9.78 Å². The Hall–Kier alpha value is -3.07. The molecule has 2 heterocycles. The summed E-state index contributed by atoms with van der Waals surface area (Å²) in [5.41, 5.74) is 2.57. The molecular formula is C21H27N5O4. The van der Waals surface area contributed by atoms with E-state index in [1.165, 1.54) is 0 Å². The van der Waals surface area contributed by atoms with Gasteiger partial charge in [-0.2, -0.15) is 4.98 Å². The molecule has 0 aliphatic carbocycles. The van der Waals surface area contributed by atoms with Crippen LogP contribution in [0.4, 0.5) is 0 Å². The van der Waals surface area contributed by atoms with E-state index in [0.717, 1.165) is 36.0 Å². The average Bonchev–Trinajstić information content (AvgIpc) is 2.68. The summed E-state index contributed by atoms with van der Waals surface area (Å²) in [7, 11) is 0. The zero-order valence-corrected chi connectivity index (χ0v) is 17.5. The van der Waals surface area contributed by atoms with Gasteiger partial charge in [-0.05, 0) is 56.5 Å². The summed E-state index contributed by atoms with van der Waals surface area (Å²) in [5, 5.41) is 12.3. The van der Waals surface area contributed by atoms with E-state index in [9.17, 15) is 14.4 Å². The van der Waals surface area contributed by atoms with Crippen molar-refractivity contribution >= 4 is 17.0 Å². The predicted octanol–water partition coefficient (Wildman–Crippen LogP) is 1.68. The number of hydrogen-bond acceptors (Lipinski definition) is 6. The maximum Gasteiger partial charge on any atom is 0.349 e. The monoisotopic (exact) mass is 413 g/mol. The van der Waals surface area contributed by atoms with Crippen molar-refractivity contribution < 1.29 is 9.90 Å². The van der Waals surface area contributed by atoms with Gasteiger partial charge < -0.3 is 15.0 Å². The molecule has 0 spiro atoms. The van der Waals surface area contributed by atoms with Gasteiger partial charge in [0.25, 0.3) is 5.56 Å². The number of carboxylic acid groups (broad SMARTS) is 1. The molecule has 1 aromatic rings. The number of H-pyrrole nitrogens is 1. The van der Waals surface area contributed by atoms with Crippen LogP contribution in [0, 0.1) is 19.8 Å². The Morgan fingerprint density at radius 1 is 1.17 bits per heavy atom. The number of aliphatic carboxylic acids is 1. The number of nitrogens with one attached hydrogen (secondary N) is 2. The molecule has 1 aromatic carbocycles. The molecule has 30 heavy (non-hydrogen) atoms. The van der Waals surface area contributed by atoms with Crippen LogP contribution in [0.2, 0.25) is 0 Å². The lowest BCUT2D eigenvalue weighted by Gasteiger charge is -2.18. The smallest absolute Gasteiger partial charge is 0.349 e. The van der Waals surface area contributed by atoms with Gasteiger partial charge in [0.05, 0.1) is 17.0 Å². The van der Waals surface area contributed by atoms with Crippen molar-refractivity contribution in [3.63, 3.8) is 0 Å². The molecule has 160 valence electrons. The second-order valence-corrected chi connectivity index (χ2v) is 7.72. The SMILES string of the molecule is Cc1cc2nc3c(=O)[nH]c(=O)nc-3n(CCNCCCCC(C)C(=O)O)c2cc1C. The largest absolute Gasteiger partial charge is 0.481 e. The molecule has 9 nitrogen and oxygen atoms in total. The van der Waals surface area contributed by atoms with Crippen molar-refractivity contribution in [3.05, 3.63) is 44.1 Å². The van der Waals surface area contributed by atoms with Crippen LogP contribution in [0.15, 0.2) is 21.7 Å². The maximum atomic E-state index is 12.3. The Morgan fingerprint density at radius 3 is 2.63 bits per heavy atom. The first-order valence-electron chi connectivity index (χ1n) is 10.1. The number of benzene rings is 1. The highest BCUT2D eigenvalue weighted by molar-refractivity contribution is 5.81. The Labute approximate surface area is 173 Å². The van der Waals surface area contributed by atoms with E-state index in [1.807, 2.05) is 30.5 Å². The highest BCUT2D eigenvalue weighted by Gasteiger charge is 2.19. The van der Waals surface area contributed by atoms with E-state index >= 15 is 0 Å². The van der Waals surface area contributed by atoms with Crippen molar-refractivity contribution in [1.29, 1.82) is 0 Å². The van der Waals surface area contributed by atoms with Gasteiger partial charge in [-0.3, -0.25) is 14.6 Å². The fourth-order valence-electron chi connectivity index (χ4n) is 3.42. The van der Waals surface area contributed by atoms with Crippen LogP contribution < -0.4 is 16.6 Å². The lowest BCUT2D eigenvalue weighted by atomic mass is 10.0. The second-order valence-electron chi connectivity index (χ2n) is 7.72. The van der Waals surface area contributed by atoms with Gasteiger partial charge in [-0.1, -0.05) is 13.3 Å². The minimum atomic E-state index is -0.762. The Balaban J connectivity index is 1.78. The van der Waals surface area contributed by atoms with E-state index in [1.54, 1.807) is 6.92 Å². The van der Waals surface area contributed by atoms with Crippen LogP contribution in [0.1, 0.15) is 37.3 Å². The zero-order valence-electron chi connectivity index (χ0n) is 17.5. The number of fused-ring (bicyclic) bond motifs is 2. The van der Waals surface area contributed by atoms with Crippen LogP contribution >= 0.6 is 0 Å². The summed E-state index contributed by atoms with van der Waals surface area (Å²) in [6, 6.07) is 3.93. The summed E-state index contributed by atoms with van der Waals surface area (Å²) >= 11 is 0. The third-order valence-corrected chi connectivity index (χ3v) is 5.40. The molecule has 0 fully saturated rings. The molecule has 1 unspecified atom stereocenters. The first-order valence-corrected chi connectivity index (χ1v) is 10.1. The third-order valence-electron chi connectivity index (χ3n) is 5.40. The molecular weight excluding hydrogens is 386 g/mol. The number of hydrogen-bond donors (Lipinski definition) is 3. The van der Waals surface area contributed by atoms with Crippen LogP contribution in [-0.4, -0.2) is 43.7 Å².